The van der Waals surface area contributed by atoms with E-state index in [1.165, 1.54) is 6.08 Å². The number of carbonyl (C=O) groups excluding carboxylic acids is 1. The molecule has 0 aromatic rings. The van der Waals surface area contributed by atoms with Gasteiger partial charge in [-0.15, -0.1) is 0 Å². The van der Waals surface area contributed by atoms with Gasteiger partial charge in [-0.3, -0.25) is 9.69 Å². The number of rotatable bonds is 3. The van der Waals surface area contributed by atoms with Gasteiger partial charge in [0.1, 0.15) is 0 Å². The van der Waals surface area contributed by atoms with E-state index >= 15 is 0 Å². The summed E-state index contributed by atoms with van der Waals surface area (Å²) in [6.07, 6.45) is 1.69. The minimum atomic E-state index is -0.920. The molecular formula is C10H16N2O3. The summed E-state index contributed by atoms with van der Waals surface area (Å²) in [4.78, 5) is 23.5. The monoisotopic (exact) mass is 212 g/mol. The molecule has 0 saturated carbocycles. The van der Waals surface area contributed by atoms with Crippen molar-refractivity contribution in [3.8, 4) is 0 Å². The molecule has 0 aliphatic carbocycles. The highest BCUT2D eigenvalue weighted by Gasteiger charge is 2.13. The normalized spacial score (nSPS) is 19.5. The van der Waals surface area contributed by atoms with E-state index in [0.29, 0.717) is 26.1 Å². The zero-order valence-electron chi connectivity index (χ0n) is 8.82. The standard InChI is InChI=1S/C10H16N2O3/c1-8(6-10(14)15)7-12-4-2-9(13)11-3-5-12/h6H,2-5,7H2,1H3,(H,11,13)(H,14,15). The number of aliphatic carboxylic acids is 1. The molecule has 84 valence electrons. The van der Waals surface area contributed by atoms with E-state index in [2.05, 4.69) is 10.2 Å². The number of nitrogens with one attached hydrogen (secondary N) is 1. The highest BCUT2D eigenvalue weighted by atomic mass is 16.4. The fourth-order valence-corrected chi connectivity index (χ4v) is 1.58. The molecule has 1 amide bonds. The number of amides is 1. The number of carboxylic acid groups (broad SMARTS) is 1. The average molecular weight is 212 g/mol. The third-order valence-corrected chi connectivity index (χ3v) is 2.25. The molecule has 0 aromatic carbocycles. The predicted molar refractivity (Wildman–Crippen MR) is 55.5 cm³/mol. The largest absolute Gasteiger partial charge is 0.478 e. The molecule has 1 heterocycles. The van der Waals surface area contributed by atoms with Crippen molar-refractivity contribution in [2.75, 3.05) is 26.2 Å². The van der Waals surface area contributed by atoms with Crippen molar-refractivity contribution >= 4 is 11.9 Å². The third kappa shape index (κ3) is 4.60. The lowest BCUT2D eigenvalue weighted by Gasteiger charge is -2.18. The van der Waals surface area contributed by atoms with Crippen molar-refractivity contribution in [1.29, 1.82) is 0 Å². The highest BCUT2D eigenvalue weighted by molar-refractivity contribution is 5.80. The van der Waals surface area contributed by atoms with Crippen LogP contribution in [0.15, 0.2) is 11.6 Å². The molecule has 1 aliphatic heterocycles. The second-order valence-electron chi connectivity index (χ2n) is 3.71. The zero-order chi connectivity index (χ0) is 11.3. The van der Waals surface area contributed by atoms with Crippen molar-refractivity contribution in [1.82, 2.24) is 10.2 Å². The molecular weight excluding hydrogens is 196 g/mol. The van der Waals surface area contributed by atoms with Gasteiger partial charge in [0.25, 0.3) is 0 Å². The van der Waals surface area contributed by atoms with E-state index in [1.807, 2.05) is 0 Å². The zero-order valence-corrected chi connectivity index (χ0v) is 8.82. The smallest absolute Gasteiger partial charge is 0.328 e. The molecule has 0 aromatic heterocycles. The van der Waals surface area contributed by atoms with E-state index in [4.69, 9.17) is 5.11 Å². The van der Waals surface area contributed by atoms with Crippen LogP contribution < -0.4 is 5.32 Å². The lowest BCUT2D eigenvalue weighted by atomic mass is 10.2. The third-order valence-electron chi connectivity index (χ3n) is 2.25. The Hall–Kier alpha value is -1.36. The van der Waals surface area contributed by atoms with Crippen molar-refractivity contribution < 1.29 is 14.7 Å². The fourth-order valence-electron chi connectivity index (χ4n) is 1.58. The maximum atomic E-state index is 11.0. The van der Waals surface area contributed by atoms with Crippen LogP contribution in [-0.4, -0.2) is 48.1 Å². The average Bonchev–Trinajstić information content (AvgIpc) is 2.29. The summed E-state index contributed by atoms with van der Waals surface area (Å²) >= 11 is 0. The van der Waals surface area contributed by atoms with Crippen molar-refractivity contribution in [3.63, 3.8) is 0 Å². The van der Waals surface area contributed by atoms with E-state index in [9.17, 15) is 9.59 Å². The van der Waals surface area contributed by atoms with Gasteiger partial charge in [-0.05, 0) is 6.92 Å². The van der Waals surface area contributed by atoms with Gasteiger partial charge in [-0.2, -0.15) is 0 Å². The molecule has 0 spiro atoms. The van der Waals surface area contributed by atoms with Crippen LogP contribution in [0.4, 0.5) is 0 Å². The molecule has 0 unspecified atom stereocenters. The van der Waals surface area contributed by atoms with Crippen LogP contribution in [0.1, 0.15) is 13.3 Å². The van der Waals surface area contributed by atoms with Crippen molar-refractivity contribution in [3.05, 3.63) is 11.6 Å². The quantitative estimate of drug-likeness (QED) is 0.638. The number of hydrogen-bond acceptors (Lipinski definition) is 3. The van der Waals surface area contributed by atoms with Crippen LogP contribution in [-0.2, 0) is 9.59 Å². The molecule has 15 heavy (non-hydrogen) atoms. The molecule has 1 fully saturated rings. The fraction of sp³-hybridized carbons (Fsp3) is 0.600. The van der Waals surface area contributed by atoms with Crippen LogP contribution in [0.5, 0.6) is 0 Å². The second-order valence-corrected chi connectivity index (χ2v) is 3.71. The number of hydrogen-bond donors (Lipinski definition) is 2. The van der Waals surface area contributed by atoms with Crippen LogP contribution in [0.25, 0.3) is 0 Å². The first-order valence-corrected chi connectivity index (χ1v) is 4.97. The van der Waals surface area contributed by atoms with Gasteiger partial charge in [0.2, 0.25) is 5.91 Å². The van der Waals surface area contributed by atoms with Crippen molar-refractivity contribution in [2.45, 2.75) is 13.3 Å². The summed E-state index contributed by atoms with van der Waals surface area (Å²) in [6, 6.07) is 0. The Labute approximate surface area is 88.8 Å². The molecule has 5 nitrogen and oxygen atoms in total. The van der Waals surface area contributed by atoms with Gasteiger partial charge < -0.3 is 10.4 Å². The number of carbonyl (C=O) groups is 2. The van der Waals surface area contributed by atoms with Crippen LogP contribution in [0.3, 0.4) is 0 Å². The summed E-state index contributed by atoms with van der Waals surface area (Å²) in [5, 5.41) is 11.3. The van der Waals surface area contributed by atoms with E-state index in [1.54, 1.807) is 6.92 Å². The van der Waals surface area contributed by atoms with Gasteiger partial charge >= 0.3 is 5.97 Å². The van der Waals surface area contributed by atoms with Gasteiger partial charge in [0, 0.05) is 38.7 Å². The summed E-state index contributed by atoms with van der Waals surface area (Å²) in [6.45, 7) is 4.50. The molecule has 1 aliphatic rings. The van der Waals surface area contributed by atoms with Gasteiger partial charge in [-0.25, -0.2) is 4.79 Å². The molecule has 0 bridgehead atoms. The maximum absolute atomic E-state index is 11.0. The van der Waals surface area contributed by atoms with Gasteiger partial charge in [0.15, 0.2) is 0 Å². The van der Waals surface area contributed by atoms with Crippen molar-refractivity contribution in [2.24, 2.45) is 0 Å². The molecule has 0 atom stereocenters. The van der Waals surface area contributed by atoms with Gasteiger partial charge in [0.05, 0.1) is 0 Å². The Morgan fingerprint density at radius 3 is 3.00 bits per heavy atom. The van der Waals surface area contributed by atoms with E-state index in [0.717, 1.165) is 12.1 Å². The Morgan fingerprint density at radius 1 is 1.60 bits per heavy atom. The first-order chi connectivity index (χ1) is 7.08. The Balaban J connectivity index is 2.44. The highest BCUT2D eigenvalue weighted by Crippen LogP contribution is 2.01. The molecule has 0 radical (unpaired) electrons. The van der Waals surface area contributed by atoms with E-state index in [-0.39, 0.29) is 5.91 Å². The minimum absolute atomic E-state index is 0.0670. The summed E-state index contributed by atoms with van der Waals surface area (Å²) in [5.74, 6) is -0.853. The van der Waals surface area contributed by atoms with Crippen LogP contribution in [0, 0.1) is 0 Å². The molecule has 5 heteroatoms. The lowest BCUT2D eigenvalue weighted by Crippen LogP contribution is -2.30. The predicted octanol–water partition coefficient (Wildman–Crippen LogP) is -0.161. The molecule has 1 rings (SSSR count). The molecule has 2 N–H and O–H groups in total. The van der Waals surface area contributed by atoms with E-state index < -0.39 is 5.97 Å². The summed E-state index contributed by atoms with van der Waals surface area (Å²) in [5.41, 5.74) is 0.803. The summed E-state index contributed by atoms with van der Waals surface area (Å²) in [7, 11) is 0. The molecule has 1 saturated heterocycles. The SMILES string of the molecule is CC(=CC(=O)O)CN1CCNC(=O)CC1. The minimum Gasteiger partial charge on any atom is -0.478 e. The number of nitrogens with zero attached hydrogens (tertiary/aromatic N) is 1. The topological polar surface area (TPSA) is 69.6 Å². The maximum Gasteiger partial charge on any atom is 0.328 e. The van der Waals surface area contributed by atoms with Crippen LogP contribution >= 0.6 is 0 Å². The Bertz CT molecular complexity index is 286. The Kier molecular flexibility index (Phi) is 4.30. The Morgan fingerprint density at radius 2 is 2.33 bits per heavy atom. The second kappa shape index (κ2) is 5.50. The first-order valence-electron chi connectivity index (χ1n) is 4.97. The first kappa shape index (κ1) is 11.7. The lowest BCUT2D eigenvalue weighted by molar-refractivity contribution is -0.131. The van der Waals surface area contributed by atoms with Crippen LogP contribution in [0.2, 0.25) is 0 Å². The number of carboxylic acids is 1. The summed E-state index contributed by atoms with van der Waals surface area (Å²) < 4.78 is 0. The van der Waals surface area contributed by atoms with Gasteiger partial charge in [-0.1, -0.05) is 5.57 Å².